The van der Waals surface area contributed by atoms with E-state index in [-0.39, 0.29) is 29.3 Å². The minimum absolute atomic E-state index is 0.00243. The van der Waals surface area contributed by atoms with Crippen molar-refractivity contribution in [1.29, 1.82) is 0 Å². The van der Waals surface area contributed by atoms with Crippen LogP contribution in [0.1, 0.15) is 37.9 Å². The first-order valence-electron chi connectivity index (χ1n) is 13.5. The highest BCUT2D eigenvalue weighted by Crippen LogP contribution is 2.32. The third-order valence-electron chi connectivity index (χ3n) is 7.22. The minimum atomic E-state index is -0.647. The third-order valence-corrected chi connectivity index (χ3v) is 7.22. The summed E-state index contributed by atoms with van der Waals surface area (Å²) in [6.07, 6.45) is 1.90. The van der Waals surface area contributed by atoms with Crippen molar-refractivity contribution in [2.45, 2.75) is 46.2 Å². The van der Waals surface area contributed by atoms with E-state index in [4.69, 9.17) is 10.1 Å². The lowest BCUT2D eigenvalue weighted by Crippen LogP contribution is -2.37. The van der Waals surface area contributed by atoms with Crippen LogP contribution in [0.25, 0.3) is 22.3 Å². The molecular weight excluding hydrogens is 514 g/mol. The Labute approximate surface area is 232 Å². The van der Waals surface area contributed by atoms with Crippen molar-refractivity contribution in [3.8, 4) is 11.3 Å². The van der Waals surface area contributed by atoms with Crippen LogP contribution in [-0.4, -0.2) is 79.2 Å². The Morgan fingerprint density at radius 3 is 2.62 bits per heavy atom. The summed E-state index contributed by atoms with van der Waals surface area (Å²) in [5.74, 6) is 0.243. The Hall–Kier alpha value is -3.54. The monoisotopic (exact) mass is 550 g/mol. The van der Waals surface area contributed by atoms with Crippen molar-refractivity contribution in [3.05, 3.63) is 59.2 Å². The number of aromatic nitrogens is 5. The highest BCUT2D eigenvalue weighted by Gasteiger charge is 2.23. The van der Waals surface area contributed by atoms with Gasteiger partial charge in [0.05, 0.1) is 18.3 Å². The van der Waals surface area contributed by atoms with Gasteiger partial charge in [-0.25, -0.2) is 28.7 Å². The molecular formula is C29H36F2N8O. The quantitative estimate of drug-likeness (QED) is 0.336. The van der Waals surface area contributed by atoms with Gasteiger partial charge in [-0.15, -0.1) is 0 Å². The van der Waals surface area contributed by atoms with Crippen molar-refractivity contribution >= 4 is 22.8 Å². The summed E-state index contributed by atoms with van der Waals surface area (Å²) in [6, 6.07) is 6.89. The molecule has 0 saturated carbocycles. The van der Waals surface area contributed by atoms with E-state index in [1.165, 1.54) is 6.07 Å². The summed E-state index contributed by atoms with van der Waals surface area (Å²) in [4.78, 5) is 22.2. The Morgan fingerprint density at radius 1 is 1.07 bits per heavy atom. The van der Waals surface area contributed by atoms with Crippen LogP contribution in [0.2, 0.25) is 0 Å². The molecule has 0 atom stereocenters. The van der Waals surface area contributed by atoms with Crippen LogP contribution < -0.4 is 5.32 Å². The van der Waals surface area contributed by atoms with Gasteiger partial charge in [-0.1, -0.05) is 6.07 Å². The topological polar surface area (TPSA) is 95.2 Å². The Bertz CT molecular complexity index is 1530. The molecule has 0 saturated heterocycles. The molecule has 0 aliphatic carbocycles. The lowest BCUT2D eigenvalue weighted by Gasteiger charge is -2.29. The molecule has 0 fully saturated rings. The van der Waals surface area contributed by atoms with Crippen molar-refractivity contribution in [1.82, 2.24) is 34.3 Å². The summed E-state index contributed by atoms with van der Waals surface area (Å²) in [5, 5.41) is 12.2. The van der Waals surface area contributed by atoms with Crippen molar-refractivity contribution in [3.63, 3.8) is 0 Å². The molecule has 1 aliphatic rings. The van der Waals surface area contributed by atoms with Crippen LogP contribution in [-0.2, 0) is 18.5 Å². The summed E-state index contributed by atoms with van der Waals surface area (Å²) in [7, 11) is 2.01. The maximum absolute atomic E-state index is 15.1. The van der Waals surface area contributed by atoms with E-state index in [1.54, 1.807) is 6.07 Å². The molecule has 0 radical (unpaired) electrons. The number of aliphatic hydroxyl groups is 1. The fraction of sp³-hybridized carbons (Fsp3) is 0.448. The van der Waals surface area contributed by atoms with Gasteiger partial charge in [0.1, 0.15) is 22.9 Å². The number of nitrogens with zero attached hydrogens (tertiary/aromatic N) is 7. The lowest BCUT2D eigenvalue weighted by atomic mass is 10.1. The first-order chi connectivity index (χ1) is 19.0. The molecule has 2 N–H and O–H groups in total. The zero-order valence-corrected chi connectivity index (χ0v) is 23.7. The normalized spacial score (nSPS) is 14.2. The highest BCUT2D eigenvalue weighted by atomic mass is 19.1. The lowest BCUT2D eigenvalue weighted by molar-refractivity contribution is 0.182. The zero-order valence-electron chi connectivity index (χ0n) is 23.7. The molecule has 9 nitrogen and oxygen atoms in total. The first kappa shape index (κ1) is 28.0. The van der Waals surface area contributed by atoms with E-state index >= 15 is 4.39 Å². The van der Waals surface area contributed by atoms with Gasteiger partial charge in [0.15, 0.2) is 11.6 Å². The van der Waals surface area contributed by atoms with Gasteiger partial charge in [0, 0.05) is 55.9 Å². The second-order valence-corrected chi connectivity index (χ2v) is 11.4. The zero-order chi connectivity index (χ0) is 28.6. The fourth-order valence-electron chi connectivity index (χ4n) is 5.31. The molecule has 3 aromatic heterocycles. The Kier molecular flexibility index (Phi) is 7.80. The van der Waals surface area contributed by atoms with Gasteiger partial charge in [-0.05, 0) is 58.5 Å². The van der Waals surface area contributed by atoms with Crippen LogP contribution in [0.4, 0.5) is 20.5 Å². The molecule has 0 amide bonds. The van der Waals surface area contributed by atoms with E-state index in [2.05, 4.69) is 30.1 Å². The van der Waals surface area contributed by atoms with Gasteiger partial charge in [-0.2, -0.15) is 0 Å². The number of nitrogens with one attached hydrogen (secondary N) is 1. The minimum Gasteiger partial charge on any atom is -0.395 e. The summed E-state index contributed by atoms with van der Waals surface area (Å²) in [5.41, 5.74) is 2.96. The van der Waals surface area contributed by atoms with Crippen molar-refractivity contribution in [2.24, 2.45) is 0 Å². The summed E-state index contributed by atoms with van der Waals surface area (Å²) < 4.78 is 32.0. The average Bonchev–Trinajstić information content (AvgIpc) is 3.25. The van der Waals surface area contributed by atoms with Gasteiger partial charge >= 0.3 is 0 Å². The van der Waals surface area contributed by atoms with Crippen LogP contribution in [0.3, 0.4) is 0 Å². The van der Waals surface area contributed by atoms with Crippen LogP contribution in [0.15, 0.2) is 30.5 Å². The molecule has 1 aliphatic heterocycles. The Balaban J connectivity index is 1.37. The number of fused-ring (bicyclic) bond motifs is 2. The van der Waals surface area contributed by atoms with E-state index in [0.29, 0.717) is 29.3 Å². The largest absolute Gasteiger partial charge is 0.395 e. The van der Waals surface area contributed by atoms with Crippen LogP contribution >= 0.6 is 0 Å². The maximum Gasteiger partial charge on any atom is 0.229 e. The Morgan fingerprint density at radius 2 is 1.88 bits per heavy atom. The van der Waals surface area contributed by atoms with Crippen LogP contribution in [0.5, 0.6) is 0 Å². The SMILES string of the molecule is Cc1nc2c(F)cc(-c3nc(Nc4ccc5c(n4)CCN(CCN(C)CCO)C5)ncc3F)cc2n1C(C)(C)C. The number of aliphatic hydroxyl groups excluding tert-OH is 1. The predicted octanol–water partition coefficient (Wildman–Crippen LogP) is 4.26. The number of likely N-dealkylation sites (N-methyl/N-ethyl adjacent to an activating group) is 1. The molecule has 4 heterocycles. The average molecular weight is 551 g/mol. The number of hydrogen-bond acceptors (Lipinski definition) is 8. The smallest absolute Gasteiger partial charge is 0.229 e. The van der Waals surface area contributed by atoms with Gasteiger partial charge in [0.2, 0.25) is 5.95 Å². The number of benzene rings is 1. The summed E-state index contributed by atoms with van der Waals surface area (Å²) in [6.45, 7) is 12.2. The molecule has 0 unspecified atom stereocenters. The third kappa shape index (κ3) is 5.81. The number of anilines is 2. The predicted molar refractivity (Wildman–Crippen MR) is 151 cm³/mol. The van der Waals surface area contributed by atoms with Crippen molar-refractivity contribution < 1.29 is 13.9 Å². The molecule has 11 heteroatoms. The highest BCUT2D eigenvalue weighted by molar-refractivity contribution is 5.83. The van der Waals surface area contributed by atoms with E-state index < -0.39 is 11.6 Å². The standard InChI is InChI=1S/C29H36F2N8O/c1-18-33-27-21(30)14-20(15-24(27)39(18)29(2,3)4)26-22(31)16-32-28(36-26)35-25-7-6-19-17-38(9-8-23(19)34-25)11-10-37(5)12-13-40/h6-7,14-16,40H,8-13,17H2,1-5H3,(H,32,34,35,36). The fourth-order valence-corrected chi connectivity index (χ4v) is 5.31. The summed E-state index contributed by atoms with van der Waals surface area (Å²) >= 11 is 0. The molecule has 0 bridgehead atoms. The maximum atomic E-state index is 15.1. The van der Waals surface area contributed by atoms with E-state index in [0.717, 1.165) is 50.1 Å². The van der Waals surface area contributed by atoms with Crippen LogP contribution in [0, 0.1) is 18.6 Å². The molecule has 40 heavy (non-hydrogen) atoms. The van der Waals surface area contributed by atoms with E-state index in [1.807, 2.05) is 51.4 Å². The molecule has 4 aromatic rings. The number of rotatable bonds is 8. The number of hydrogen-bond donors (Lipinski definition) is 2. The second-order valence-electron chi connectivity index (χ2n) is 11.4. The van der Waals surface area contributed by atoms with Gasteiger partial charge < -0.3 is 19.9 Å². The van der Waals surface area contributed by atoms with Gasteiger partial charge in [0.25, 0.3) is 0 Å². The molecule has 0 spiro atoms. The number of aryl methyl sites for hydroxylation is 1. The number of halogens is 2. The number of imidazole rings is 1. The van der Waals surface area contributed by atoms with Crippen molar-refractivity contribution in [2.75, 3.05) is 45.2 Å². The second kappa shape index (κ2) is 11.1. The molecule has 212 valence electrons. The number of pyridine rings is 1. The first-order valence-corrected chi connectivity index (χ1v) is 13.5. The van der Waals surface area contributed by atoms with E-state index in [9.17, 15) is 4.39 Å². The molecule has 5 rings (SSSR count). The molecule has 1 aromatic carbocycles. The van der Waals surface area contributed by atoms with Gasteiger partial charge in [-0.3, -0.25) is 4.90 Å².